The molecule has 0 unspecified atom stereocenters. The molecule has 1 saturated carbocycles. The van der Waals surface area contributed by atoms with Crippen molar-refractivity contribution in [1.29, 1.82) is 0 Å². The Balaban J connectivity index is 2.59. The second-order valence-electron chi connectivity index (χ2n) is 5.91. The first-order chi connectivity index (χ1) is 8.94. The molecule has 5 nitrogen and oxygen atoms in total. The number of amides is 2. The molecule has 0 atom stereocenters. The Morgan fingerprint density at radius 2 is 1.75 bits per heavy atom. The number of hydrogen-bond donors (Lipinski definition) is 2. The molecule has 0 saturated heterocycles. The third kappa shape index (κ3) is 4.90. The molecule has 0 aromatic rings. The molecular formula is C12H19F3N2O3. The summed E-state index contributed by atoms with van der Waals surface area (Å²) in [6, 6.07) is 0. The van der Waals surface area contributed by atoms with Crippen molar-refractivity contribution in [2.75, 3.05) is 6.54 Å². The average Bonchev–Trinajstić information content (AvgIpc) is 2.16. The molecule has 2 amide bonds. The van der Waals surface area contributed by atoms with Crippen LogP contribution in [0.1, 0.15) is 40.0 Å². The maximum atomic E-state index is 12.1. The zero-order valence-corrected chi connectivity index (χ0v) is 11.7. The Kier molecular flexibility index (Phi) is 4.55. The second kappa shape index (κ2) is 5.49. The number of halogens is 3. The van der Waals surface area contributed by atoms with E-state index in [2.05, 4.69) is 5.32 Å². The van der Waals surface area contributed by atoms with Crippen molar-refractivity contribution in [2.45, 2.75) is 57.3 Å². The van der Waals surface area contributed by atoms with Gasteiger partial charge in [-0.2, -0.15) is 13.2 Å². The minimum absolute atomic E-state index is 0.230. The predicted octanol–water partition coefficient (Wildman–Crippen LogP) is 2.11. The van der Waals surface area contributed by atoms with E-state index in [1.54, 1.807) is 26.1 Å². The van der Waals surface area contributed by atoms with Crippen LogP contribution < -0.4 is 10.6 Å². The minimum Gasteiger partial charge on any atom is -0.433 e. The molecule has 0 heterocycles. The zero-order chi connectivity index (χ0) is 15.6. The maximum Gasteiger partial charge on any atom is 0.408 e. The number of carbonyl (C=O) groups is 2. The third-order valence-corrected chi connectivity index (χ3v) is 2.79. The Labute approximate surface area is 115 Å². The molecule has 2 N–H and O–H groups in total. The summed E-state index contributed by atoms with van der Waals surface area (Å²) in [5.74, 6) is -0.898. The zero-order valence-electron chi connectivity index (χ0n) is 11.7. The summed E-state index contributed by atoms with van der Waals surface area (Å²) < 4.78 is 41.3. The van der Waals surface area contributed by atoms with Crippen LogP contribution in [-0.2, 0) is 9.53 Å². The van der Waals surface area contributed by atoms with Crippen molar-refractivity contribution < 1.29 is 27.5 Å². The molecule has 0 aliphatic heterocycles. The van der Waals surface area contributed by atoms with Crippen LogP contribution in [0.15, 0.2) is 0 Å². The second-order valence-corrected chi connectivity index (χ2v) is 5.91. The molecule has 1 fully saturated rings. The SMILES string of the molecule is CC(C)(C)NC(=O)OC1(C(=O)NCC(F)(F)F)CCC1. The first kappa shape index (κ1) is 16.6. The van der Waals surface area contributed by atoms with Crippen LogP contribution in [0.5, 0.6) is 0 Å². The number of ether oxygens (including phenoxy) is 1. The molecule has 116 valence electrons. The van der Waals surface area contributed by atoms with Gasteiger partial charge in [0.15, 0.2) is 5.60 Å². The molecule has 0 aromatic heterocycles. The van der Waals surface area contributed by atoms with Crippen molar-refractivity contribution in [3.8, 4) is 0 Å². The Hall–Kier alpha value is -1.47. The molecular weight excluding hydrogens is 277 g/mol. The van der Waals surface area contributed by atoms with Gasteiger partial charge < -0.3 is 15.4 Å². The topological polar surface area (TPSA) is 67.4 Å². The number of rotatable bonds is 3. The highest BCUT2D eigenvalue weighted by atomic mass is 19.4. The standard InChI is InChI=1S/C12H19F3N2O3/c1-10(2,3)17-9(19)20-11(5-4-6-11)8(18)16-7-12(13,14)15/h4-7H2,1-3H3,(H,16,18)(H,17,19). The first-order valence-electron chi connectivity index (χ1n) is 6.30. The smallest absolute Gasteiger partial charge is 0.408 e. The summed E-state index contributed by atoms with van der Waals surface area (Å²) in [5.41, 5.74) is -2.02. The van der Waals surface area contributed by atoms with Crippen molar-refractivity contribution in [3.05, 3.63) is 0 Å². The monoisotopic (exact) mass is 296 g/mol. The molecule has 1 rings (SSSR count). The highest BCUT2D eigenvalue weighted by Crippen LogP contribution is 2.36. The average molecular weight is 296 g/mol. The number of hydrogen-bond acceptors (Lipinski definition) is 3. The summed E-state index contributed by atoms with van der Waals surface area (Å²) in [6.45, 7) is 3.75. The molecule has 0 aromatic carbocycles. The first-order valence-corrected chi connectivity index (χ1v) is 6.30. The van der Waals surface area contributed by atoms with Gasteiger partial charge in [0.2, 0.25) is 0 Å². The van der Waals surface area contributed by atoms with Gasteiger partial charge in [-0.05, 0) is 40.0 Å². The van der Waals surface area contributed by atoms with Gasteiger partial charge in [0.25, 0.3) is 5.91 Å². The molecule has 0 bridgehead atoms. The van der Waals surface area contributed by atoms with E-state index in [9.17, 15) is 22.8 Å². The van der Waals surface area contributed by atoms with E-state index < -0.39 is 35.9 Å². The number of alkyl halides is 3. The van der Waals surface area contributed by atoms with Gasteiger partial charge in [-0.15, -0.1) is 0 Å². The Bertz CT molecular complexity index is 384. The summed E-state index contributed by atoms with van der Waals surface area (Å²) in [4.78, 5) is 23.4. The van der Waals surface area contributed by atoms with Crippen molar-refractivity contribution in [1.82, 2.24) is 10.6 Å². The van der Waals surface area contributed by atoms with Gasteiger partial charge in [0, 0.05) is 5.54 Å². The molecule has 1 aliphatic rings. The van der Waals surface area contributed by atoms with Crippen LogP contribution in [0, 0.1) is 0 Å². The highest BCUT2D eigenvalue weighted by Gasteiger charge is 2.49. The van der Waals surface area contributed by atoms with Crippen LogP contribution in [0.3, 0.4) is 0 Å². The molecule has 0 radical (unpaired) electrons. The van der Waals surface area contributed by atoms with Gasteiger partial charge >= 0.3 is 12.3 Å². The lowest BCUT2D eigenvalue weighted by atomic mass is 9.79. The minimum atomic E-state index is -4.49. The van der Waals surface area contributed by atoms with Crippen LogP contribution in [0.25, 0.3) is 0 Å². The largest absolute Gasteiger partial charge is 0.433 e. The molecule has 0 spiro atoms. The fourth-order valence-electron chi connectivity index (χ4n) is 1.72. The van der Waals surface area contributed by atoms with Gasteiger partial charge in [0.1, 0.15) is 6.54 Å². The van der Waals surface area contributed by atoms with Crippen molar-refractivity contribution >= 4 is 12.0 Å². The molecule has 8 heteroatoms. The van der Waals surface area contributed by atoms with Crippen LogP contribution in [-0.4, -0.2) is 35.9 Å². The number of nitrogens with one attached hydrogen (secondary N) is 2. The van der Waals surface area contributed by atoms with E-state index in [0.717, 1.165) is 0 Å². The van der Waals surface area contributed by atoms with Crippen LogP contribution in [0.2, 0.25) is 0 Å². The summed E-state index contributed by atoms with van der Waals surface area (Å²) in [5, 5.41) is 4.27. The lowest BCUT2D eigenvalue weighted by Crippen LogP contribution is -2.58. The van der Waals surface area contributed by atoms with Gasteiger partial charge in [-0.3, -0.25) is 4.79 Å². The number of carbonyl (C=O) groups excluding carboxylic acids is 2. The van der Waals surface area contributed by atoms with E-state index in [0.29, 0.717) is 6.42 Å². The number of alkyl carbamates (subject to hydrolysis) is 1. The van der Waals surface area contributed by atoms with E-state index >= 15 is 0 Å². The van der Waals surface area contributed by atoms with Gasteiger partial charge in [-0.1, -0.05) is 0 Å². The normalized spacial score (nSPS) is 17.9. The van der Waals surface area contributed by atoms with Gasteiger partial charge in [-0.25, -0.2) is 4.79 Å². The molecule has 20 heavy (non-hydrogen) atoms. The fourth-order valence-corrected chi connectivity index (χ4v) is 1.72. The maximum absolute atomic E-state index is 12.1. The van der Waals surface area contributed by atoms with Crippen molar-refractivity contribution in [3.63, 3.8) is 0 Å². The van der Waals surface area contributed by atoms with E-state index in [-0.39, 0.29) is 12.8 Å². The highest BCUT2D eigenvalue weighted by molar-refractivity contribution is 5.88. The van der Waals surface area contributed by atoms with Crippen LogP contribution >= 0.6 is 0 Å². The van der Waals surface area contributed by atoms with E-state index in [4.69, 9.17) is 4.74 Å². The Morgan fingerprint density at radius 3 is 2.10 bits per heavy atom. The lowest BCUT2D eigenvalue weighted by molar-refractivity contribution is -0.158. The summed E-state index contributed by atoms with van der Waals surface area (Å²) in [7, 11) is 0. The van der Waals surface area contributed by atoms with E-state index in [1.807, 2.05) is 0 Å². The summed E-state index contributed by atoms with van der Waals surface area (Å²) >= 11 is 0. The predicted molar refractivity (Wildman–Crippen MR) is 65.0 cm³/mol. The fraction of sp³-hybridized carbons (Fsp3) is 0.833. The lowest BCUT2D eigenvalue weighted by Gasteiger charge is -2.39. The summed E-state index contributed by atoms with van der Waals surface area (Å²) in [6.07, 6.45) is -4.21. The quantitative estimate of drug-likeness (QED) is 0.838. The third-order valence-electron chi connectivity index (χ3n) is 2.79. The van der Waals surface area contributed by atoms with E-state index in [1.165, 1.54) is 0 Å². The molecule has 1 aliphatic carbocycles. The Morgan fingerprint density at radius 1 is 1.20 bits per heavy atom. The van der Waals surface area contributed by atoms with Crippen LogP contribution in [0.4, 0.5) is 18.0 Å². The van der Waals surface area contributed by atoms with Gasteiger partial charge in [0.05, 0.1) is 0 Å². The van der Waals surface area contributed by atoms with Crippen molar-refractivity contribution in [2.24, 2.45) is 0 Å².